The molecular formula is C13H15BrFNO2. The molecule has 2 unspecified atom stereocenters. The first kappa shape index (κ1) is 13.3. The molecular weight excluding hydrogens is 301 g/mol. The van der Waals surface area contributed by atoms with Gasteiger partial charge in [0.2, 0.25) is 0 Å². The molecule has 18 heavy (non-hydrogen) atoms. The lowest BCUT2D eigenvalue weighted by Crippen LogP contribution is -2.32. The van der Waals surface area contributed by atoms with E-state index < -0.39 is 11.9 Å². The second-order valence-electron chi connectivity index (χ2n) is 4.60. The fourth-order valence-corrected chi connectivity index (χ4v) is 2.92. The van der Waals surface area contributed by atoms with Crippen LogP contribution in [-0.2, 0) is 4.79 Å². The van der Waals surface area contributed by atoms with E-state index in [1.54, 1.807) is 6.07 Å². The number of hydrogen-bond acceptors (Lipinski definition) is 2. The zero-order chi connectivity index (χ0) is 13.3. The van der Waals surface area contributed by atoms with Crippen LogP contribution >= 0.6 is 15.9 Å². The van der Waals surface area contributed by atoms with Crippen LogP contribution < -0.4 is 5.32 Å². The predicted octanol–water partition coefficient (Wildman–Crippen LogP) is 3.60. The number of halogens is 2. The summed E-state index contributed by atoms with van der Waals surface area (Å²) < 4.78 is 13.8. The number of rotatable bonds is 3. The molecule has 0 saturated carbocycles. The maximum atomic E-state index is 13.4. The molecule has 0 amide bonds. The summed E-state index contributed by atoms with van der Waals surface area (Å²) in [6.07, 6.45) is 1.78. The van der Waals surface area contributed by atoms with Crippen molar-refractivity contribution in [2.24, 2.45) is 5.92 Å². The lowest BCUT2D eigenvalue weighted by Gasteiger charge is -2.32. The number of carbonyl (C=O) groups is 1. The Labute approximate surface area is 114 Å². The fourth-order valence-electron chi connectivity index (χ4n) is 2.56. The van der Waals surface area contributed by atoms with Crippen LogP contribution in [0, 0.1) is 11.7 Å². The summed E-state index contributed by atoms with van der Waals surface area (Å²) in [6.45, 7) is 2.62. The highest BCUT2D eigenvalue weighted by molar-refractivity contribution is 9.10. The lowest BCUT2D eigenvalue weighted by atomic mass is 9.80. The summed E-state index contributed by atoms with van der Waals surface area (Å²) >= 11 is 3.11. The first-order valence-electron chi connectivity index (χ1n) is 6.00. The number of nitrogens with one attached hydrogen (secondary N) is 1. The molecule has 1 aromatic rings. The molecule has 0 aliphatic carbocycles. The summed E-state index contributed by atoms with van der Waals surface area (Å²) in [6, 6.07) is 2.94. The van der Waals surface area contributed by atoms with Crippen molar-refractivity contribution in [2.45, 2.75) is 25.7 Å². The minimum absolute atomic E-state index is 0.0531. The molecule has 98 valence electrons. The molecule has 1 aromatic carbocycles. The molecule has 0 aromatic heterocycles. The number of fused-ring (bicyclic) bond motifs is 1. The Kier molecular flexibility index (Phi) is 3.90. The van der Waals surface area contributed by atoms with Crippen molar-refractivity contribution in [2.75, 3.05) is 11.9 Å². The van der Waals surface area contributed by atoms with Gasteiger partial charge >= 0.3 is 5.97 Å². The van der Waals surface area contributed by atoms with Gasteiger partial charge in [0.05, 0.1) is 10.4 Å². The van der Waals surface area contributed by atoms with Gasteiger partial charge in [-0.25, -0.2) is 4.39 Å². The summed E-state index contributed by atoms with van der Waals surface area (Å²) in [5.74, 6) is -1.72. The molecule has 0 spiro atoms. The van der Waals surface area contributed by atoms with Crippen molar-refractivity contribution in [3.63, 3.8) is 0 Å². The van der Waals surface area contributed by atoms with Crippen molar-refractivity contribution < 1.29 is 14.3 Å². The van der Waals surface area contributed by atoms with Crippen LogP contribution in [0.2, 0.25) is 0 Å². The third kappa shape index (κ3) is 2.36. The van der Waals surface area contributed by atoms with Gasteiger partial charge in [0, 0.05) is 12.2 Å². The molecule has 2 N–H and O–H groups in total. The van der Waals surface area contributed by atoms with Crippen molar-refractivity contribution in [1.29, 1.82) is 0 Å². The van der Waals surface area contributed by atoms with Gasteiger partial charge in [0.1, 0.15) is 5.82 Å². The molecule has 0 radical (unpaired) electrons. The lowest BCUT2D eigenvalue weighted by molar-refractivity contribution is -0.140. The van der Waals surface area contributed by atoms with Crippen molar-refractivity contribution >= 4 is 27.6 Å². The average molecular weight is 316 g/mol. The van der Waals surface area contributed by atoms with E-state index in [0.29, 0.717) is 22.3 Å². The SMILES string of the molecule is CCCC1CNc2cc(F)c(Br)cc2C1C(=O)O. The number of anilines is 1. The van der Waals surface area contributed by atoms with Crippen LogP contribution in [0.4, 0.5) is 10.1 Å². The summed E-state index contributed by atoms with van der Waals surface area (Å²) in [4.78, 5) is 11.5. The molecule has 1 heterocycles. The van der Waals surface area contributed by atoms with Crippen LogP contribution in [0.15, 0.2) is 16.6 Å². The van der Waals surface area contributed by atoms with E-state index in [1.807, 2.05) is 6.92 Å². The van der Waals surface area contributed by atoms with Gasteiger partial charge in [-0.15, -0.1) is 0 Å². The standard InChI is InChI=1S/C13H15BrFNO2/c1-2-3-7-6-16-11-5-10(15)9(14)4-8(11)12(7)13(17)18/h4-5,7,12,16H,2-3,6H2,1H3,(H,17,18). The Hall–Kier alpha value is -1.10. The minimum Gasteiger partial charge on any atom is -0.481 e. The van der Waals surface area contributed by atoms with Crippen LogP contribution in [0.3, 0.4) is 0 Å². The molecule has 3 nitrogen and oxygen atoms in total. The zero-order valence-corrected chi connectivity index (χ0v) is 11.6. The molecule has 0 bridgehead atoms. The van der Waals surface area contributed by atoms with Gasteiger partial charge in [-0.1, -0.05) is 13.3 Å². The summed E-state index contributed by atoms with van der Waals surface area (Å²) in [5, 5.41) is 12.5. The Morgan fingerprint density at radius 3 is 2.94 bits per heavy atom. The highest BCUT2D eigenvalue weighted by atomic mass is 79.9. The third-order valence-electron chi connectivity index (χ3n) is 3.38. The van der Waals surface area contributed by atoms with Gasteiger partial charge in [-0.3, -0.25) is 4.79 Å². The van der Waals surface area contributed by atoms with Crippen LogP contribution in [-0.4, -0.2) is 17.6 Å². The number of benzene rings is 1. The zero-order valence-electron chi connectivity index (χ0n) is 10.0. The van der Waals surface area contributed by atoms with E-state index in [4.69, 9.17) is 0 Å². The van der Waals surface area contributed by atoms with E-state index in [-0.39, 0.29) is 11.7 Å². The average Bonchev–Trinajstić information content (AvgIpc) is 2.31. The maximum absolute atomic E-state index is 13.4. The molecule has 1 aliphatic heterocycles. The van der Waals surface area contributed by atoms with Crippen molar-refractivity contribution in [1.82, 2.24) is 0 Å². The Balaban J connectivity index is 2.45. The minimum atomic E-state index is -0.838. The summed E-state index contributed by atoms with van der Waals surface area (Å²) in [7, 11) is 0. The Morgan fingerprint density at radius 2 is 2.33 bits per heavy atom. The van der Waals surface area contributed by atoms with Gasteiger partial charge in [0.15, 0.2) is 0 Å². The van der Waals surface area contributed by atoms with Gasteiger partial charge < -0.3 is 10.4 Å². The molecule has 5 heteroatoms. The van der Waals surface area contributed by atoms with Gasteiger partial charge in [-0.2, -0.15) is 0 Å². The number of hydrogen-bond donors (Lipinski definition) is 2. The second kappa shape index (κ2) is 5.26. The molecule has 2 atom stereocenters. The number of aliphatic carboxylic acids is 1. The fraction of sp³-hybridized carbons (Fsp3) is 0.462. The van der Waals surface area contributed by atoms with Crippen LogP contribution in [0.5, 0.6) is 0 Å². The first-order chi connectivity index (χ1) is 8.54. The van der Waals surface area contributed by atoms with Gasteiger partial charge in [-0.05, 0) is 46.0 Å². The highest BCUT2D eigenvalue weighted by Crippen LogP contribution is 2.39. The number of carboxylic acid groups (broad SMARTS) is 1. The molecule has 1 aliphatic rings. The van der Waals surface area contributed by atoms with E-state index >= 15 is 0 Å². The van der Waals surface area contributed by atoms with E-state index in [1.165, 1.54) is 6.07 Å². The van der Waals surface area contributed by atoms with Crippen molar-refractivity contribution in [3.8, 4) is 0 Å². The Bertz CT molecular complexity index is 478. The van der Waals surface area contributed by atoms with E-state index in [0.717, 1.165) is 12.8 Å². The van der Waals surface area contributed by atoms with E-state index in [9.17, 15) is 14.3 Å². The topological polar surface area (TPSA) is 49.3 Å². The third-order valence-corrected chi connectivity index (χ3v) is 3.99. The quantitative estimate of drug-likeness (QED) is 0.896. The molecule has 0 saturated heterocycles. The first-order valence-corrected chi connectivity index (χ1v) is 6.79. The van der Waals surface area contributed by atoms with Crippen LogP contribution in [0.25, 0.3) is 0 Å². The monoisotopic (exact) mass is 315 g/mol. The van der Waals surface area contributed by atoms with Crippen LogP contribution in [0.1, 0.15) is 31.2 Å². The normalized spacial score (nSPS) is 22.2. The van der Waals surface area contributed by atoms with Gasteiger partial charge in [0.25, 0.3) is 0 Å². The summed E-state index contributed by atoms with van der Waals surface area (Å²) in [5.41, 5.74) is 1.26. The Morgan fingerprint density at radius 1 is 1.61 bits per heavy atom. The predicted molar refractivity (Wildman–Crippen MR) is 71.4 cm³/mol. The van der Waals surface area contributed by atoms with Crippen molar-refractivity contribution in [3.05, 3.63) is 28.0 Å². The molecule has 2 rings (SSSR count). The second-order valence-corrected chi connectivity index (χ2v) is 5.45. The number of carboxylic acids is 1. The highest BCUT2D eigenvalue weighted by Gasteiger charge is 2.34. The largest absolute Gasteiger partial charge is 0.481 e. The smallest absolute Gasteiger partial charge is 0.311 e. The maximum Gasteiger partial charge on any atom is 0.311 e. The van der Waals surface area contributed by atoms with E-state index in [2.05, 4.69) is 21.2 Å². The molecule has 0 fully saturated rings.